The number of ether oxygens (including phenoxy) is 2. The van der Waals surface area contributed by atoms with Crippen molar-refractivity contribution in [3.63, 3.8) is 0 Å². The van der Waals surface area contributed by atoms with Gasteiger partial charge in [0.1, 0.15) is 18.4 Å². The molecule has 0 radical (unpaired) electrons. The van der Waals surface area contributed by atoms with Gasteiger partial charge in [-0.1, -0.05) is 95.3 Å². The van der Waals surface area contributed by atoms with E-state index in [0.717, 1.165) is 66.7 Å². The third kappa shape index (κ3) is 9.63. The van der Waals surface area contributed by atoms with Crippen LogP contribution in [0.5, 0.6) is 0 Å². The monoisotopic (exact) mass is 898 g/mol. The van der Waals surface area contributed by atoms with Crippen molar-refractivity contribution in [3.05, 3.63) is 107 Å². The van der Waals surface area contributed by atoms with Crippen LogP contribution in [-0.2, 0) is 24.5 Å². The fourth-order valence-electron chi connectivity index (χ4n) is 9.80. The number of nitrogens with zero attached hydrogens (tertiary/aromatic N) is 6. The number of carbonyl (C=O) groups excluding carboxylic acids is 4. The van der Waals surface area contributed by atoms with Gasteiger partial charge in [0.05, 0.1) is 49.8 Å². The zero-order valence-corrected chi connectivity index (χ0v) is 39.0. The minimum Gasteiger partial charge on any atom is -0.453 e. The molecule has 3 aliphatic heterocycles. The number of H-pyrrole nitrogens is 2. The lowest BCUT2D eigenvalue weighted by molar-refractivity contribution is -0.135. The summed E-state index contributed by atoms with van der Waals surface area (Å²) < 4.78 is 9.42. The first-order valence-electron chi connectivity index (χ1n) is 23.1. The maximum Gasteiger partial charge on any atom is 0.407 e. The number of carbonyl (C=O) groups is 4. The topological polar surface area (TPSA) is 191 Å². The SMILES string of the molecule is COC(=O)NCC(=O)N1CCCC1c1nc(-c2ccc(C3CCC(c4ccc(-c5cc(C6CCCN6C(=O)C(NC(=O)OC)C(C)C)[nH]n5)cc4)N3c3ccc(C(C)(C)C)cc3)cc2)n[nH]1. The van der Waals surface area contributed by atoms with E-state index in [9.17, 15) is 19.2 Å². The van der Waals surface area contributed by atoms with E-state index >= 15 is 0 Å². The predicted octanol–water partition coefficient (Wildman–Crippen LogP) is 8.31. The molecule has 5 aromatic rings. The highest BCUT2D eigenvalue weighted by Gasteiger charge is 2.39. The number of aromatic nitrogens is 5. The summed E-state index contributed by atoms with van der Waals surface area (Å²) in [5.41, 5.74) is 8.42. The number of hydrogen-bond acceptors (Lipinski definition) is 10. The van der Waals surface area contributed by atoms with E-state index < -0.39 is 18.2 Å². The van der Waals surface area contributed by atoms with Gasteiger partial charge in [-0.05, 0) is 84.7 Å². The lowest BCUT2D eigenvalue weighted by Gasteiger charge is -2.34. The van der Waals surface area contributed by atoms with Crippen molar-refractivity contribution < 1.29 is 28.7 Å². The minimum atomic E-state index is -0.688. The second kappa shape index (κ2) is 19.4. The highest BCUT2D eigenvalue weighted by atomic mass is 16.5. The summed E-state index contributed by atoms with van der Waals surface area (Å²) in [5, 5.41) is 20.8. The molecule has 66 heavy (non-hydrogen) atoms. The van der Waals surface area contributed by atoms with Gasteiger partial charge < -0.3 is 34.8 Å². The molecule has 16 heteroatoms. The number of rotatable bonds is 12. The average molecular weight is 899 g/mol. The molecule has 0 aliphatic carbocycles. The molecule has 3 aliphatic rings. The Morgan fingerprint density at radius 3 is 1.94 bits per heavy atom. The molecule has 3 aromatic carbocycles. The molecule has 3 saturated heterocycles. The normalized spacial score (nSPS) is 20.2. The van der Waals surface area contributed by atoms with E-state index in [2.05, 4.69) is 129 Å². The summed E-state index contributed by atoms with van der Waals surface area (Å²) >= 11 is 0. The van der Waals surface area contributed by atoms with Gasteiger partial charge in [0.15, 0.2) is 5.82 Å². The van der Waals surface area contributed by atoms with Crippen LogP contribution in [0.2, 0.25) is 0 Å². The lowest BCUT2D eigenvalue weighted by atomic mass is 9.87. The van der Waals surface area contributed by atoms with Crippen LogP contribution in [0.4, 0.5) is 15.3 Å². The van der Waals surface area contributed by atoms with E-state index in [0.29, 0.717) is 24.7 Å². The predicted molar refractivity (Wildman–Crippen MR) is 250 cm³/mol. The Bertz CT molecular complexity index is 2490. The standard InChI is InChI=1S/C50H62N10O6/c1-30(2)44(52-49(64)66-7)47(62)59-27-8-10-41(59)38-28-37(54-55-38)31-12-14-32(15-13-31)39-24-25-40(60(39)36-22-20-35(21-23-36)50(3,4)5)33-16-18-34(19-17-33)45-53-46(57-56-45)42-11-9-26-58(42)43(61)29-51-48(63)65-6/h12-23,28,30,39-42,44H,8-11,24-27,29H2,1-7H3,(H,51,63)(H,52,64)(H,54,55)(H,53,56,57). The summed E-state index contributed by atoms with van der Waals surface area (Å²) in [6.07, 6.45) is 3.90. The van der Waals surface area contributed by atoms with Crippen LogP contribution in [0.15, 0.2) is 78.9 Å². The molecule has 16 nitrogen and oxygen atoms in total. The Balaban J connectivity index is 0.998. The smallest absolute Gasteiger partial charge is 0.407 e. The molecular formula is C50H62N10O6. The van der Waals surface area contributed by atoms with Crippen molar-refractivity contribution >= 4 is 29.7 Å². The highest BCUT2D eigenvalue weighted by Crippen LogP contribution is 2.48. The molecule has 5 heterocycles. The molecule has 348 valence electrons. The first-order chi connectivity index (χ1) is 31.7. The van der Waals surface area contributed by atoms with Gasteiger partial charge in [0, 0.05) is 29.9 Å². The number of aromatic amines is 2. The summed E-state index contributed by atoms with van der Waals surface area (Å²) in [5.74, 6) is 0.758. The fourth-order valence-corrected chi connectivity index (χ4v) is 9.80. The number of amides is 4. The second-order valence-electron chi connectivity index (χ2n) is 18.9. The summed E-state index contributed by atoms with van der Waals surface area (Å²) in [7, 11) is 2.57. The Morgan fingerprint density at radius 1 is 0.727 bits per heavy atom. The molecule has 2 aromatic heterocycles. The summed E-state index contributed by atoms with van der Waals surface area (Å²) in [4.78, 5) is 61.3. The van der Waals surface area contributed by atoms with E-state index in [4.69, 9.17) is 14.8 Å². The summed E-state index contributed by atoms with van der Waals surface area (Å²) in [6, 6.07) is 27.4. The summed E-state index contributed by atoms with van der Waals surface area (Å²) in [6.45, 7) is 11.6. The second-order valence-corrected chi connectivity index (χ2v) is 18.9. The van der Waals surface area contributed by atoms with Crippen LogP contribution < -0.4 is 15.5 Å². The van der Waals surface area contributed by atoms with E-state index in [1.165, 1.54) is 30.9 Å². The molecular weight excluding hydrogens is 837 g/mol. The van der Waals surface area contributed by atoms with Crippen LogP contribution in [0, 0.1) is 5.92 Å². The number of alkyl carbamates (subject to hydrolysis) is 2. The van der Waals surface area contributed by atoms with Gasteiger partial charge in [-0.2, -0.15) is 10.2 Å². The molecule has 0 spiro atoms. The van der Waals surface area contributed by atoms with Crippen molar-refractivity contribution in [1.29, 1.82) is 0 Å². The van der Waals surface area contributed by atoms with Crippen LogP contribution >= 0.6 is 0 Å². The molecule has 4 N–H and O–H groups in total. The zero-order valence-electron chi connectivity index (χ0n) is 39.0. The van der Waals surface area contributed by atoms with E-state index in [1.54, 1.807) is 4.90 Å². The molecule has 8 rings (SSSR count). The molecule has 0 bridgehead atoms. The molecule has 3 fully saturated rings. The Hall–Kier alpha value is -6.71. The minimum absolute atomic E-state index is 0.0252. The maximum absolute atomic E-state index is 13.7. The van der Waals surface area contributed by atoms with Gasteiger partial charge in [-0.15, -0.1) is 0 Å². The third-order valence-electron chi connectivity index (χ3n) is 13.4. The van der Waals surface area contributed by atoms with Gasteiger partial charge >= 0.3 is 12.2 Å². The van der Waals surface area contributed by atoms with Crippen LogP contribution in [0.1, 0.15) is 126 Å². The molecule has 5 atom stereocenters. The third-order valence-corrected chi connectivity index (χ3v) is 13.4. The average Bonchev–Trinajstić information content (AvgIpc) is 4.19. The van der Waals surface area contributed by atoms with Crippen molar-refractivity contribution in [2.75, 3.05) is 38.8 Å². The van der Waals surface area contributed by atoms with Crippen molar-refractivity contribution in [2.24, 2.45) is 5.92 Å². The number of anilines is 1. The first kappa shape index (κ1) is 45.8. The highest BCUT2D eigenvalue weighted by molar-refractivity contribution is 5.86. The Morgan fingerprint density at radius 2 is 1.33 bits per heavy atom. The van der Waals surface area contributed by atoms with Crippen LogP contribution in [0.25, 0.3) is 22.6 Å². The lowest BCUT2D eigenvalue weighted by Crippen LogP contribution is -2.51. The van der Waals surface area contributed by atoms with Crippen LogP contribution in [-0.4, -0.2) is 99.1 Å². The quantitative estimate of drug-likeness (QED) is 0.0948. The van der Waals surface area contributed by atoms with Gasteiger partial charge in [-0.3, -0.25) is 19.8 Å². The largest absolute Gasteiger partial charge is 0.453 e. The van der Waals surface area contributed by atoms with E-state index in [1.807, 2.05) is 24.8 Å². The molecule has 5 unspecified atom stereocenters. The number of benzene rings is 3. The first-order valence-corrected chi connectivity index (χ1v) is 23.1. The zero-order chi connectivity index (χ0) is 46.7. The van der Waals surface area contributed by atoms with Crippen molar-refractivity contribution in [2.45, 2.75) is 109 Å². The number of methoxy groups -OCH3 is 2. The van der Waals surface area contributed by atoms with Crippen LogP contribution in [0.3, 0.4) is 0 Å². The molecule has 4 amide bonds. The van der Waals surface area contributed by atoms with E-state index in [-0.39, 0.29) is 53.9 Å². The van der Waals surface area contributed by atoms with Crippen molar-refractivity contribution in [1.82, 2.24) is 45.8 Å². The van der Waals surface area contributed by atoms with Gasteiger partial charge in [0.25, 0.3) is 0 Å². The van der Waals surface area contributed by atoms with Gasteiger partial charge in [-0.25, -0.2) is 14.6 Å². The number of hydrogen-bond donors (Lipinski definition) is 4. The van der Waals surface area contributed by atoms with Crippen molar-refractivity contribution in [3.8, 4) is 22.6 Å². The maximum atomic E-state index is 13.7. The molecule has 0 saturated carbocycles. The number of likely N-dealkylation sites (tertiary alicyclic amines) is 2. The van der Waals surface area contributed by atoms with Gasteiger partial charge in [0.2, 0.25) is 11.8 Å². The Labute approximate surface area is 386 Å². The number of nitrogens with one attached hydrogen (secondary N) is 4. The Kier molecular flexibility index (Phi) is 13.5. The fraction of sp³-hybridized carbons (Fsp3) is 0.460.